The monoisotopic (exact) mass is 358 g/mol. The molecule has 6 heteroatoms. The third-order valence-corrected chi connectivity index (χ3v) is 5.28. The SMILES string of the molecule is COC(=O)[C@H]1CNCC[C@H]1CCC(O)c1ccnc2ccc(OC)cc12. The van der Waals surface area contributed by atoms with Gasteiger partial charge in [-0.25, -0.2) is 0 Å². The van der Waals surface area contributed by atoms with Crippen molar-refractivity contribution in [1.82, 2.24) is 10.3 Å². The summed E-state index contributed by atoms with van der Waals surface area (Å²) in [5.41, 5.74) is 1.68. The van der Waals surface area contributed by atoms with Crippen LogP contribution < -0.4 is 10.1 Å². The molecule has 1 aromatic heterocycles. The largest absolute Gasteiger partial charge is 0.497 e. The van der Waals surface area contributed by atoms with Crippen molar-refractivity contribution < 1.29 is 19.4 Å². The van der Waals surface area contributed by atoms with Crippen LogP contribution in [-0.2, 0) is 9.53 Å². The molecule has 1 aliphatic heterocycles. The standard InChI is InChI=1S/C20H26N2O4/c1-25-14-4-5-18-16(11-14)15(8-10-22-18)19(23)6-3-13-7-9-21-12-17(13)20(24)26-2/h4-5,8,10-11,13,17,19,21,23H,3,6-7,9,12H2,1-2H3/t13-,17+,19?/m1/s1. The molecule has 2 N–H and O–H groups in total. The van der Waals surface area contributed by atoms with Crippen LogP contribution in [0.4, 0.5) is 0 Å². The Morgan fingerprint density at radius 3 is 3.00 bits per heavy atom. The van der Waals surface area contributed by atoms with Crippen LogP contribution >= 0.6 is 0 Å². The molecular formula is C20H26N2O4. The third kappa shape index (κ3) is 3.97. The van der Waals surface area contributed by atoms with Gasteiger partial charge in [0, 0.05) is 18.1 Å². The zero-order valence-electron chi connectivity index (χ0n) is 15.3. The van der Waals surface area contributed by atoms with E-state index in [1.807, 2.05) is 24.3 Å². The zero-order valence-corrected chi connectivity index (χ0v) is 15.3. The lowest BCUT2D eigenvalue weighted by Gasteiger charge is -2.30. The fourth-order valence-electron chi connectivity index (χ4n) is 3.78. The second kappa shape index (κ2) is 8.47. The maximum atomic E-state index is 12.0. The smallest absolute Gasteiger partial charge is 0.310 e. The van der Waals surface area contributed by atoms with Gasteiger partial charge >= 0.3 is 5.97 Å². The number of hydrogen-bond acceptors (Lipinski definition) is 6. The quantitative estimate of drug-likeness (QED) is 0.772. The number of nitrogens with zero attached hydrogens (tertiary/aromatic N) is 1. The van der Waals surface area contributed by atoms with E-state index in [1.54, 1.807) is 13.3 Å². The Morgan fingerprint density at radius 2 is 2.23 bits per heavy atom. The number of fused-ring (bicyclic) bond motifs is 1. The van der Waals surface area contributed by atoms with Crippen molar-refractivity contribution in [1.29, 1.82) is 0 Å². The van der Waals surface area contributed by atoms with Crippen LogP contribution in [0.15, 0.2) is 30.5 Å². The third-order valence-electron chi connectivity index (χ3n) is 5.28. The number of nitrogens with one attached hydrogen (secondary N) is 1. The van der Waals surface area contributed by atoms with Gasteiger partial charge < -0.3 is 19.9 Å². The van der Waals surface area contributed by atoms with E-state index in [9.17, 15) is 9.90 Å². The van der Waals surface area contributed by atoms with Gasteiger partial charge in [-0.2, -0.15) is 0 Å². The van der Waals surface area contributed by atoms with Crippen molar-refractivity contribution in [3.63, 3.8) is 0 Å². The van der Waals surface area contributed by atoms with Crippen LogP contribution in [0.25, 0.3) is 10.9 Å². The number of ether oxygens (including phenoxy) is 2. The molecule has 0 radical (unpaired) electrons. The van der Waals surface area contributed by atoms with E-state index in [2.05, 4.69) is 10.3 Å². The van der Waals surface area contributed by atoms with Crippen LogP contribution in [0.1, 0.15) is 30.9 Å². The first kappa shape index (κ1) is 18.6. The zero-order chi connectivity index (χ0) is 18.5. The first-order valence-electron chi connectivity index (χ1n) is 9.03. The molecule has 1 saturated heterocycles. The van der Waals surface area contributed by atoms with E-state index in [0.717, 1.165) is 41.6 Å². The van der Waals surface area contributed by atoms with Gasteiger partial charge in [-0.15, -0.1) is 0 Å². The molecule has 0 bridgehead atoms. The van der Waals surface area contributed by atoms with Crippen molar-refractivity contribution in [2.24, 2.45) is 11.8 Å². The van der Waals surface area contributed by atoms with Crippen LogP contribution in [0.2, 0.25) is 0 Å². The molecule has 0 spiro atoms. The molecule has 3 rings (SSSR count). The first-order chi connectivity index (χ1) is 12.6. The number of rotatable bonds is 6. The van der Waals surface area contributed by atoms with Gasteiger partial charge in [0.05, 0.1) is 31.8 Å². The number of piperidine rings is 1. The number of pyridine rings is 1. The second-order valence-corrected chi connectivity index (χ2v) is 6.76. The average molecular weight is 358 g/mol. The molecule has 1 aliphatic rings. The summed E-state index contributed by atoms with van der Waals surface area (Å²) in [4.78, 5) is 16.4. The summed E-state index contributed by atoms with van der Waals surface area (Å²) in [5.74, 6) is 0.648. The van der Waals surface area contributed by atoms with Crippen molar-refractivity contribution in [3.8, 4) is 5.75 Å². The van der Waals surface area contributed by atoms with Crippen LogP contribution in [0.5, 0.6) is 5.75 Å². The molecule has 1 fully saturated rings. The van der Waals surface area contributed by atoms with Crippen molar-refractivity contribution in [3.05, 3.63) is 36.0 Å². The normalized spacial score (nSPS) is 21.3. The summed E-state index contributed by atoms with van der Waals surface area (Å²) in [6.45, 7) is 1.53. The number of methoxy groups -OCH3 is 2. The molecule has 140 valence electrons. The number of aromatic nitrogens is 1. The van der Waals surface area contributed by atoms with Crippen molar-refractivity contribution >= 4 is 16.9 Å². The summed E-state index contributed by atoms with van der Waals surface area (Å²) < 4.78 is 10.2. The fraction of sp³-hybridized carbons (Fsp3) is 0.500. The summed E-state index contributed by atoms with van der Waals surface area (Å²) in [6, 6.07) is 7.52. The molecular weight excluding hydrogens is 332 g/mol. The number of esters is 1. The first-order valence-corrected chi connectivity index (χ1v) is 9.03. The Labute approximate surface area is 153 Å². The molecule has 1 aromatic carbocycles. The van der Waals surface area contributed by atoms with Gasteiger partial charge in [-0.05, 0) is 61.6 Å². The van der Waals surface area contributed by atoms with E-state index in [-0.39, 0.29) is 17.8 Å². The Bertz CT molecular complexity index is 765. The molecule has 2 aromatic rings. The molecule has 6 nitrogen and oxygen atoms in total. The van der Waals surface area contributed by atoms with E-state index < -0.39 is 6.10 Å². The topological polar surface area (TPSA) is 80.7 Å². The molecule has 0 aliphatic carbocycles. The number of aliphatic hydroxyl groups is 1. The van der Waals surface area contributed by atoms with E-state index in [1.165, 1.54) is 7.11 Å². The number of carbonyl (C=O) groups is 1. The minimum atomic E-state index is -0.610. The van der Waals surface area contributed by atoms with Crippen molar-refractivity contribution in [2.45, 2.75) is 25.4 Å². The molecule has 0 amide bonds. The van der Waals surface area contributed by atoms with Crippen LogP contribution in [0.3, 0.4) is 0 Å². The highest BCUT2D eigenvalue weighted by atomic mass is 16.5. The van der Waals surface area contributed by atoms with E-state index in [0.29, 0.717) is 13.0 Å². The lowest BCUT2D eigenvalue weighted by molar-refractivity contribution is -0.148. The summed E-state index contributed by atoms with van der Waals surface area (Å²) in [7, 11) is 3.05. The number of aliphatic hydroxyl groups excluding tert-OH is 1. The minimum absolute atomic E-state index is 0.143. The van der Waals surface area contributed by atoms with Crippen molar-refractivity contribution in [2.75, 3.05) is 27.3 Å². The van der Waals surface area contributed by atoms with Gasteiger partial charge in [0.25, 0.3) is 0 Å². The molecule has 3 atom stereocenters. The Morgan fingerprint density at radius 1 is 1.38 bits per heavy atom. The van der Waals surface area contributed by atoms with Crippen LogP contribution in [-0.4, -0.2) is 43.4 Å². The highest BCUT2D eigenvalue weighted by Gasteiger charge is 2.31. The summed E-state index contributed by atoms with van der Waals surface area (Å²) in [5, 5.41) is 14.9. The second-order valence-electron chi connectivity index (χ2n) is 6.76. The number of benzene rings is 1. The number of carbonyl (C=O) groups excluding carboxylic acids is 1. The Balaban J connectivity index is 1.74. The molecule has 26 heavy (non-hydrogen) atoms. The summed E-state index contributed by atoms with van der Waals surface area (Å²) in [6.07, 6.45) is 3.39. The maximum Gasteiger partial charge on any atom is 0.310 e. The summed E-state index contributed by atoms with van der Waals surface area (Å²) >= 11 is 0. The predicted molar refractivity (Wildman–Crippen MR) is 99.0 cm³/mol. The van der Waals surface area contributed by atoms with Gasteiger partial charge in [0.2, 0.25) is 0 Å². The highest BCUT2D eigenvalue weighted by Crippen LogP contribution is 2.32. The van der Waals surface area contributed by atoms with Gasteiger partial charge in [0.1, 0.15) is 5.75 Å². The van der Waals surface area contributed by atoms with Gasteiger partial charge in [-0.1, -0.05) is 0 Å². The Hall–Kier alpha value is -2.18. The maximum absolute atomic E-state index is 12.0. The van der Waals surface area contributed by atoms with Gasteiger partial charge in [0.15, 0.2) is 0 Å². The van der Waals surface area contributed by atoms with Crippen LogP contribution in [0, 0.1) is 11.8 Å². The molecule has 2 heterocycles. The fourth-order valence-corrected chi connectivity index (χ4v) is 3.78. The Kier molecular flexibility index (Phi) is 6.06. The van der Waals surface area contributed by atoms with E-state index >= 15 is 0 Å². The number of hydrogen-bond donors (Lipinski definition) is 2. The highest BCUT2D eigenvalue weighted by molar-refractivity contribution is 5.83. The minimum Gasteiger partial charge on any atom is -0.497 e. The predicted octanol–water partition coefficient (Wildman–Crippen LogP) is 2.46. The molecule has 1 unspecified atom stereocenters. The lowest BCUT2D eigenvalue weighted by Crippen LogP contribution is -2.41. The lowest BCUT2D eigenvalue weighted by atomic mass is 9.82. The van der Waals surface area contributed by atoms with E-state index in [4.69, 9.17) is 9.47 Å². The average Bonchev–Trinajstić information content (AvgIpc) is 2.70. The molecule has 0 saturated carbocycles. The van der Waals surface area contributed by atoms with Gasteiger partial charge in [-0.3, -0.25) is 9.78 Å².